The second-order valence-electron chi connectivity index (χ2n) is 3.67. The van der Waals surface area contributed by atoms with Gasteiger partial charge in [0.2, 0.25) is 0 Å². The van der Waals surface area contributed by atoms with Crippen LogP contribution in [0.4, 0.5) is 0 Å². The molecule has 78 valence electrons. The number of aryl methyl sites for hydroxylation is 2. The summed E-state index contributed by atoms with van der Waals surface area (Å²) < 4.78 is 0. The lowest BCUT2D eigenvalue weighted by Crippen LogP contribution is -1.91. The van der Waals surface area contributed by atoms with Crippen LogP contribution in [0, 0.1) is 13.8 Å². The maximum Gasteiger partial charge on any atom is 0.134 e. The van der Waals surface area contributed by atoms with E-state index >= 15 is 0 Å². The Kier molecular flexibility index (Phi) is 2.85. The van der Waals surface area contributed by atoms with E-state index in [1.54, 1.807) is 0 Å². The van der Waals surface area contributed by atoms with E-state index in [1.807, 2.05) is 13.0 Å². The van der Waals surface area contributed by atoms with Gasteiger partial charge in [-0.2, -0.15) is 0 Å². The zero-order chi connectivity index (χ0) is 11.0. The number of nitrogens with zero attached hydrogens (tertiary/aromatic N) is 1. The monoisotopic (exact) mass is 239 g/mol. The molecule has 15 heavy (non-hydrogen) atoms. The summed E-state index contributed by atoms with van der Waals surface area (Å²) in [5, 5.41) is 1.64. The van der Waals surface area contributed by atoms with Crippen LogP contribution < -0.4 is 0 Å². The highest BCUT2D eigenvalue weighted by Gasteiger charge is 2.07. The Morgan fingerprint density at radius 2 is 1.87 bits per heavy atom. The Hall–Kier alpha value is -0.790. The van der Waals surface area contributed by atoms with Crippen molar-refractivity contribution >= 4 is 34.1 Å². The molecule has 0 amide bonds. The van der Waals surface area contributed by atoms with Gasteiger partial charge in [-0.15, -0.1) is 11.6 Å². The number of fused-ring (bicyclic) bond motifs is 1. The minimum Gasteiger partial charge on any atom is -0.235 e. The lowest BCUT2D eigenvalue weighted by atomic mass is 10.0. The number of rotatable bonds is 1. The molecular weight excluding hydrogens is 229 g/mol. The second-order valence-corrected chi connectivity index (χ2v) is 4.29. The summed E-state index contributed by atoms with van der Waals surface area (Å²) in [5.74, 6) is 0.398. The fourth-order valence-corrected chi connectivity index (χ4v) is 2.12. The molecule has 0 aliphatic carbocycles. The minimum atomic E-state index is 0.398. The van der Waals surface area contributed by atoms with Crippen LogP contribution in [-0.4, -0.2) is 4.98 Å². The first-order valence-corrected chi connectivity index (χ1v) is 5.66. The van der Waals surface area contributed by atoms with E-state index in [1.165, 1.54) is 5.56 Å². The predicted molar refractivity (Wildman–Crippen MR) is 65.8 cm³/mol. The standard InChI is InChI=1S/C12H11Cl2N/c1-7-3-4-8(2)11-10(7)5-9(6-13)12(14)15-11/h3-5H,6H2,1-2H3. The molecular formula is C12H11Cl2N. The van der Waals surface area contributed by atoms with Crippen LogP contribution in [0.2, 0.25) is 5.15 Å². The largest absolute Gasteiger partial charge is 0.235 e. The Bertz CT molecular complexity index is 521. The van der Waals surface area contributed by atoms with Crippen LogP contribution in [0.15, 0.2) is 18.2 Å². The molecule has 0 aliphatic heterocycles. The van der Waals surface area contributed by atoms with Gasteiger partial charge in [-0.1, -0.05) is 23.7 Å². The van der Waals surface area contributed by atoms with Gasteiger partial charge in [0.15, 0.2) is 0 Å². The molecule has 0 N–H and O–H groups in total. The fraction of sp³-hybridized carbons (Fsp3) is 0.250. The minimum absolute atomic E-state index is 0.398. The van der Waals surface area contributed by atoms with Crippen LogP contribution in [0.3, 0.4) is 0 Å². The van der Waals surface area contributed by atoms with Crippen molar-refractivity contribution in [3.63, 3.8) is 0 Å². The molecule has 0 aliphatic rings. The Morgan fingerprint density at radius 1 is 1.20 bits per heavy atom. The van der Waals surface area contributed by atoms with Crippen molar-refractivity contribution in [2.45, 2.75) is 19.7 Å². The molecule has 1 heterocycles. The highest BCUT2D eigenvalue weighted by Crippen LogP contribution is 2.26. The van der Waals surface area contributed by atoms with E-state index in [0.29, 0.717) is 11.0 Å². The lowest BCUT2D eigenvalue weighted by molar-refractivity contribution is 1.27. The van der Waals surface area contributed by atoms with Gasteiger partial charge in [0.1, 0.15) is 5.15 Å². The van der Waals surface area contributed by atoms with Crippen molar-refractivity contribution < 1.29 is 0 Å². The first-order chi connectivity index (χ1) is 7.13. The molecule has 0 radical (unpaired) electrons. The average Bonchev–Trinajstić information content (AvgIpc) is 2.23. The average molecular weight is 240 g/mol. The van der Waals surface area contributed by atoms with Gasteiger partial charge >= 0.3 is 0 Å². The lowest BCUT2D eigenvalue weighted by Gasteiger charge is -2.07. The summed E-state index contributed by atoms with van der Waals surface area (Å²) in [5.41, 5.74) is 4.19. The van der Waals surface area contributed by atoms with Gasteiger partial charge in [0, 0.05) is 10.9 Å². The Balaban J connectivity index is 2.86. The summed E-state index contributed by atoms with van der Waals surface area (Å²) in [7, 11) is 0. The van der Waals surface area contributed by atoms with Crippen LogP contribution in [0.5, 0.6) is 0 Å². The summed E-state index contributed by atoms with van der Waals surface area (Å²) in [6, 6.07) is 6.17. The molecule has 1 aromatic carbocycles. The molecule has 0 unspecified atom stereocenters. The highest BCUT2D eigenvalue weighted by atomic mass is 35.5. The zero-order valence-corrected chi connectivity index (χ0v) is 10.2. The maximum absolute atomic E-state index is 6.03. The molecule has 2 rings (SSSR count). The molecule has 1 nitrogen and oxygen atoms in total. The van der Waals surface area contributed by atoms with Gasteiger partial charge in [0.05, 0.1) is 11.4 Å². The first kappa shape index (κ1) is 10.7. The maximum atomic E-state index is 6.03. The van der Waals surface area contributed by atoms with Crippen molar-refractivity contribution in [1.82, 2.24) is 4.98 Å². The third-order valence-corrected chi connectivity index (χ3v) is 3.19. The first-order valence-electron chi connectivity index (χ1n) is 4.75. The third kappa shape index (κ3) is 1.82. The molecule has 2 aromatic rings. The number of benzene rings is 1. The Morgan fingerprint density at radius 3 is 2.53 bits per heavy atom. The van der Waals surface area contributed by atoms with Crippen LogP contribution in [0.25, 0.3) is 10.9 Å². The fourth-order valence-electron chi connectivity index (χ4n) is 1.65. The van der Waals surface area contributed by atoms with E-state index in [0.717, 1.165) is 22.0 Å². The van der Waals surface area contributed by atoms with Crippen molar-refractivity contribution in [1.29, 1.82) is 0 Å². The summed E-state index contributed by atoms with van der Waals surface area (Å²) in [6.45, 7) is 4.10. The quantitative estimate of drug-likeness (QED) is 0.536. The number of hydrogen-bond donors (Lipinski definition) is 0. The number of alkyl halides is 1. The molecule has 0 saturated carbocycles. The summed E-state index contributed by atoms with van der Waals surface area (Å²) in [6.07, 6.45) is 0. The van der Waals surface area contributed by atoms with Gasteiger partial charge < -0.3 is 0 Å². The van der Waals surface area contributed by atoms with E-state index < -0.39 is 0 Å². The molecule has 0 fully saturated rings. The zero-order valence-electron chi connectivity index (χ0n) is 8.64. The molecule has 0 atom stereocenters. The number of aromatic nitrogens is 1. The van der Waals surface area contributed by atoms with Crippen molar-refractivity contribution in [2.75, 3.05) is 0 Å². The molecule has 1 aromatic heterocycles. The van der Waals surface area contributed by atoms with Crippen LogP contribution >= 0.6 is 23.2 Å². The van der Waals surface area contributed by atoms with Gasteiger partial charge in [0.25, 0.3) is 0 Å². The third-order valence-electron chi connectivity index (χ3n) is 2.57. The number of hydrogen-bond acceptors (Lipinski definition) is 1. The van der Waals surface area contributed by atoms with Gasteiger partial charge in [-0.25, -0.2) is 4.98 Å². The van der Waals surface area contributed by atoms with E-state index in [2.05, 4.69) is 24.0 Å². The van der Waals surface area contributed by atoms with Crippen molar-refractivity contribution in [3.05, 3.63) is 40.0 Å². The van der Waals surface area contributed by atoms with Gasteiger partial charge in [-0.05, 0) is 31.0 Å². The normalized spacial score (nSPS) is 10.9. The van der Waals surface area contributed by atoms with Crippen LogP contribution in [-0.2, 0) is 5.88 Å². The second kappa shape index (κ2) is 3.99. The smallest absolute Gasteiger partial charge is 0.134 e. The summed E-state index contributed by atoms with van der Waals surface area (Å²) in [4.78, 5) is 4.39. The molecule has 0 saturated heterocycles. The van der Waals surface area contributed by atoms with Crippen molar-refractivity contribution in [3.8, 4) is 0 Å². The van der Waals surface area contributed by atoms with Crippen LogP contribution in [0.1, 0.15) is 16.7 Å². The summed E-state index contributed by atoms with van der Waals surface area (Å²) >= 11 is 11.8. The Labute approximate surface area is 99.0 Å². The SMILES string of the molecule is Cc1ccc(C)c2nc(Cl)c(CCl)cc12. The molecule has 0 bridgehead atoms. The molecule has 3 heteroatoms. The number of pyridine rings is 1. The predicted octanol–water partition coefficient (Wildman–Crippen LogP) is 4.24. The van der Waals surface area contributed by atoms with Gasteiger partial charge in [-0.3, -0.25) is 0 Å². The number of halogens is 2. The topological polar surface area (TPSA) is 12.9 Å². The highest BCUT2D eigenvalue weighted by molar-refractivity contribution is 6.31. The van der Waals surface area contributed by atoms with E-state index in [9.17, 15) is 0 Å². The molecule has 0 spiro atoms. The van der Waals surface area contributed by atoms with Crippen molar-refractivity contribution in [2.24, 2.45) is 0 Å². The van der Waals surface area contributed by atoms with E-state index in [-0.39, 0.29) is 0 Å². The van der Waals surface area contributed by atoms with E-state index in [4.69, 9.17) is 23.2 Å².